The number of nitrogens with two attached hydrogens (primary N) is 1. The van der Waals surface area contributed by atoms with Crippen molar-refractivity contribution in [1.82, 2.24) is 24.8 Å². The normalized spacial score (nSPS) is 16.6. The van der Waals surface area contributed by atoms with E-state index in [1.165, 1.54) is 0 Å². The maximum atomic E-state index is 12.5. The summed E-state index contributed by atoms with van der Waals surface area (Å²) in [6.45, 7) is 7.07. The minimum Gasteiger partial charge on any atom is -0.461 e. The first-order chi connectivity index (χ1) is 19.5. The number of aromatic nitrogens is 4. The quantitative estimate of drug-likeness (QED) is 0.210. The maximum absolute atomic E-state index is 12.5. The summed E-state index contributed by atoms with van der Waals surface area (Å²) < 4.78 is 5.48. The highest BCUT2D eigenvalue weighted by Gasteiger charge is 2.17. The van der Waals surface area contributed by atoms with Crippen molar-refractivity contribution in [3.63, 3.8) is 0 Å². The number of esters is 1. The second-order valence-electron chi connectivity index (χ2n) is 10.2. The molecular formula is C32H36N6O2. The Labute approximate surface area is 235 Å². The van der Waals surface area contributed by atoms with Gasteiger partial charge >= 0.3 is 5.97 Å². The van der Waals surface area contributed by atoms with Crippen molar-refractivity contribution in [3.05, 3.63) is 84.6 Å². The largest absolute Gasteiger partial charge is 0.461 e. The van der Waals surface area contributed by atoms with E-state index in [0.717, 1.165) is 77.0 Å². The molecule has 0 saturated carbocycles. The third-order valence-electron chi connectivity index (χ3n) is 7.18. The van der Waals surface area contributed by atoms with Gasteiger partial charge in [-0.25, -0.2) is 9.78 Å². The summed E-state index contributed by atoms with van der Waals surface area (Å²) >= 11 is 0. The molecule has 4 heterocycles. The van der Waals surface area contributed by atoms with Gasteiger partial charge in [0.25, 0.3) is 0 Å². The Bertz CT molecular complexity index is 1520. The molecule has 3 N–H and O–H groups in total. The Kier molecular flexibility index (Phi) is 8.78. The lowest BCUT2D eigenvalue weighted by Crippen LogP contribution is -2.44. The fraction of sp³-hybridized carbons (Fsp3) is 0.312. The van der Waals surface area contributed by atoms with Crippen LogP contribution in [0.2, 0.25) is 0 Å². The number of benzene rings is 1. The molecule has 0 aliphatic carbocycles. The molecule has 40 heavy (non-hydrogen) atoms. The van der Waals surface area contributed by atoms with Crippen molar-refractivity contribution >= 4 is 22.4 Å². The van der Waals surface area contributed by atoms with Crippen LogP contribution in [0.1, 0.15) is 49.2 Å². The van der Waals surface area contributed by atoms with Gasteiger partial charge in [0.1, 0.15) is 6.61 Å². The van der Waals surface area contributed by atoms with Gasteiger partial charge in [-0.05, 0) is 68.6 Å². The molecule has 1 fully saturated rings. The van der Waals surface area contributed by atoms with Gasteiger partial charge in [-0.3, -0.25) is 14.9 Å². The zero-order valence-electron chi connectivity index (χ0n) is 23.1. The number of aromatic amines is 1. The number of allylic oxidation sites excluding steroid dienone is 4. The van der Waals surface area contributed by atoms with Crippen LogP contribution in [0, 0.1) is 0 Å². The standard InChI is InChI=1S/C32H36N6O2/c1-3-4-5-7-22(2)30-31(37-21-36-30)23-9-11-28-25(16-23)17-26(19-35-28)29-12-10-24(18-34-29)32(39)40-15-14-38-13-6-8-27(33)20-38/h4-5,7,9-12,16-19,21,27H,3,6,8,13-15,20,33H2,1-2H3,(H,36,37)/b5-4-,22-7+/t27-/m1/s1. The molecule has 8 nitrogen and oxygen atoms in total. The van der Waals surface area contributed by atoms with E-state index in [0.29, 0.717) is 18.7 Å². The van der Waals surface area contributed by atoms with E-state index in [9.17, 15) is 4.79 Å². The van der Waals surface area contributed by atoms with Crippen molar-refractivity contribution in [3.8, 4) is 22.5 Å². The molecule has 0 spiro atoms. The Hall–Kier alpha value is -4.14. The average molecular weight is 537 g/mol. The SMILES string of the molecule is CC/C=C\C=C(/C)c1nc[nH]c1-c1ccc2ncc(-c3ccc(C(=O)OCCN4CCC[C@@H](N)C4)cn3)cc2c1. The van der Waals surface area contributed by atoms with Gasteiger partial charge in [-0.15, -0.1) is 0 Å². The average Bonchev–Trinajstić information content (AvgIpc) is 3.47. The van der Waals surface area contributed by atoms with Crippen LogP contribution in [0.25, 0.3) is 39.0 Å². The molecule has 206 valence electrons. The third kappa shape index (κ3) is 6.52. The molecule has 0 amide bonds. The van der Waals surface area contributed by atoms with Crippen LogP contribution in [0.5, 0.6) is 0 Å². The van der Waals surface area contributed by atoms with Crippen molar-refractivity contribution < 1.29 is 9.53 Å². The predicted molar refractivity (Wildman–Crippen MR) is 160 cm³/mol. The number of carbonyl (C=O) groups is 1. The van der Waals surface area contributed by atoms with Crippen molar-refractivity contribution in [2.45, 2.75) is 39.2 Å². The Morgan fingerprint density at radius 2 is 2.02 bits per heavy atom. The minimum absolute atomic E-state index is 0.208. The molecule has 1 atom stereocenters. The molecule has 0 radical (unpaired) electrons. The van der Waals surface area contributed by atoms with Gasteiger partial charge < -0.3 is 15.5 Å². The van der Waals surface area contributed by atoms with Crippen molar-refractivity contribution in [1.29, 1.82) is 0 Å². The minimum atomic E-state index is -0.369. The van der Waals surface area contributed by atoms with E-state index < -0.39 is 0 Å². The Balaban J connectivity index is 1.29. The molecule has 1 aliphatic rings. The predicted octanol–water partition coefficient (Wildman–Crippen LogP) is 5.64. The van der Waals surface area contributed by atoms with Crippen molar-refractivity contribution in [2.24, 2.45) is 5.73 Å². The molecule has 5 rings (SSSR count). The number of imidazole rings is 1. The summed E-state index contributed by atoms with van der Waals surface area (Å²) in [5, 5.41) is 0.991. The van der Waals surface area contributed by atoms with Crippen LogP contribution < -0.4 is 5.73 Å². The smallest absolute Gasteiger partial charge is 0.339 e. The molecule has 0 unspecified atom stereocenters. The topological polar surface area (TPSA) is 110 Å². The summed E-state index contributed by atoms with van der Waals surface area (Å²) in [5.41, 5.74) is 13.0. The number of fused-ring (bicyclic) bond motifs is 1. The summed E-state index contributed by atoms with van der Waals surface area (Å²) in [6, 6.07) is 12.0. The number of likely N-dealkylation sites (tertiary alicyclic amines) is 1. The first-order valence-corrected chi connectivity index (χ1v) is 13.9. The Morgan fingerprint density at radius 3 is 2.83 bits per heavy atom. The summed E-state index contributed by atoms with van der Waals surface area (Å²) in [4.78, 5) is 31.8. The number of piperidine rings is 1. The molecule has 0 bridgehead atoms. The van der Waals surface area contributed by atoms with Gasteiger partial charge in [0.2, 0.25) is 0 Å². The van der Waals surface area contributed by atoms with Crippen LogP contribution >= 0.6 is 0 Å². The van der Waals surface area contributed by atoms with Crippen LogP contribution in [0.15, 0.2) is 73.3 Å². The van der Waals surface area contributed by atoms with Crippen LogP contribution in [-0.2, 0) is 4.74 Å². The highest BCUT2D eigenvalue weighted by Crippen LogP contribution is 2.29. The lowest BCUT2D eigenvalue weighted by Gasteiger charge is -2.30. The molecule has 1 saturated heterocycles. The highest BCUT2D eigenvalue weighted by molar-refractivity contribution is 5.90. The number of hydrogen-bond acceptors (Lipinski definition) is 7. The monoisotopic (exact) mass is 536 g/mol. The lowest BCUT2D eigenvalue weighted by atomic mass is 10.0. The van der Waals surface area contributed by atoms with Gasteiger partial charge in [0.15, 0.2) is 0 Å². The number of nitrogens with zero attached hydrogens (tertiary/aromatic N) is 4. The van der Waals surface area contributed by atoms with E-state index in [-0.39, 0.29) is 12.0 Å². The maximum Gasteiger partial charge on any atom is 0.339 e. The molecule has 4 aromatic rings. The van der Waals surface area contributed by atoms with Crippen LogP contribution in [-0.4, -0.2) is 63.1 Å². The molecular weight excluding hydrogens is 500 g/mol. The Morgan fingerprint density at radius 1 is 1.15 bits per heavy atom. The van der Waals surface area contributed by atoms with Crippen LogP contribution in [0.4, 0.5) is 0 Å². The van der Waals surface area contributed by atoms with Crippen LogP contribution in [0.3, 0.4) is 0 Å². The van der Waals surface area contributed by atoms with E-state index in [4.69, 9.17) is 10.5 Å². The number of carbonyl (C=O) groups excluding carboxylic acids is 1. The zero-order chi connectivity index (χ0) is 27.9. The first-order valence-electron chi connectivity index (χ1n) is 13.9. The first kappa shape index (κ1) is 27.4. The van der Waals surface area contributed by atoms with Gasteiger partial charge in [0, 0.05) is 48.0 Å². The summed E-state index contributed by atoms with van der Waals surface area (Å²) in [5.74, 6) is -0.369. The highest BCUT2D eigenvalue weighted by atomic mass is 16.5. The summed E-state index contributed by atoms with van der Waals surface area (Å²) in [6.07, 6.45) is 14.5. The number of ether oxygens (including phenoxy) is 1. The van der Waals surface area contributed by atoms with E-state index in [1.54, 1.807) is 24.8 Å². The van der Waals surface area contributed by atoms with Crippen molar-refractivity contribution in [2.75, 3.05) is 26.2 Å². The second kappa shape index (κ2) is 12.8. The van der Waals surface area contributed by atoms with Gasteiger partial charge in [-0.2, -0.15) is 0 Å². The number of nitrogens with one attached hydrogen (secondary N) is 1. The van der Waals surface area contributed by atoms with E-state index in [1.807, 2.05) is 12.1 Å². The van der Waals surface area contributed by atoms with Gasteiger partial charge in [0.05, 0.1) is 34.5 Å². The molecule has 1 aliphatic heterocycles. The number of pyridine rings is 2. The summed E-state index contributed by atoms with van der Waals surface area (Å²) in [7, 11) is 0. The fourth-order valence-electron chi connectivity index (χ4n) is 5.00. The zero-order valence-corrected chi connectivity index (χ0v) is 23.1. The molecule has 8 heteroatoms. The third-order valence-corrected chi connectivity index (χ3v) is 7.18. The number of hydrogen-bond donors (Lipinski definition) is 2. The molecule has 3 aromatic heterocycles. The number of rotatable bonds is 9. The number of H-pyrrole nitrogens is 1. The van der Waals surface area contributed by atoms with Gasteiger partial charge in [-0.1, -0.05) is 31.2 Å². The fourth-order valence-corrected chi connectivity index (χ4v) is 5.00. The second-order valence-corrected chi connectivity index (χ2v) is 10.2. The van der Waals surface area contributed by atoms with E-state index >= 15 is 0 Å². The van der Waals surface area contributed by atoms with E-state index in [2.05, 4.69) is 75.1 Å². The lowest BCUT2D eigenvalue weighted by molar-refractivity contribution is 0.0447. The molecule has 1 aromatic carbocycles.